The molecule has 31 heavy (non-hydrogen) atoms. The van der Waals surface area contributed by atoms with E-state index in [-0.39, 0.29) is 22.9 Å². The summed E-state index contributed by atoms with van der Waals surface area (Å²) >= 11 is 0. The summed E-state index contributed by atoms with van der Waals surface area (Å²) in [6.45, 7) is 0.0987. The molecule has 6 rings (SSSR count). The van der Waals surface area contributed by atoms with E-state index in [9.17, 15) is 13.2 Å². The maximum absolute atomic E-state index is 12.6. The molecule has 0 atom stereocenters. The molecule has 1 aromatic heterocycles. The summed E-state index contributed by atoms with van der Waals surface area (Å²) in [5.41, 5.74) is 0.777. The van der Waals surface area contributed by atoms with Gasteiger partial charge in [-0.05, 0) is 92.2 Å². The van der Waals surface area contributed by atoms with Crippen molar-refractivity contribution < 1.29 is 17.6 Å². The second kappa shape index (κ2) is 7.95. The number of amides is 1. The van der Waals surface area contributed by atoms with Crippen molar-refractivity contribution in [3.63, 3.8) is 0 Å². The number of nitrogens with one attached hydrogen (secondary N) is 2. The summed E-state index contributed by atoms with van der Waals surface area (Å²) in [6.07, 6.45) is 12.2. The lowest BCUT2D eigenvalue weighted by Gasteiger charge is -2.56. The zero-order valence-corrected chi connectivity index (χ0v) is 18.2. The fourth-order valence-electron chi connectivity index (χ4n) is 6.16. The van der Waals surface area contributed by atoms with Crippen LogP contribution in [0, 0.1) is 17.8 Å². The van der Waals surface area contributed by atoms with Gasteiger partial charge in [0.2, 0.25) is 15.9 Å². The fourth-order valence-corrected chi connectivity index (χ4v) is 7.15. The minimum absolute atomic E-state index is 0.00618. The van der Waals surface area contributed by atoms with Gasteiger partial charge < -0.3 is 9.73 Å². The average Bonchev–Trinajstić information content (AvgIpc) is 3.24. The molecule has 2 aromatic rings. The third-order valence-corrected chi connectivity index (χ3v) is 8.48. The highest BCUT2D eigenvalue weighted by Crippen LogP contribution is 2.55. The van der Waals surface area contributed by atoms with Crippen molar-refractivity contribution in [2.24, 2.45) is 17.8 Å². The molecule has 4 saturated carbocycles. The quantitative estimate of drug-likeness (QED) is 0.640. The van der Waals surface area contributed by atoms with Crippen molar-refractivity contribution in [3.05, 3.63) is 60.1 Å². The Kier molecular flexibility index (Phi) is 5.26. The zero-order chi connectivity index (χ0) is 21.5. The summed E-state index contributed by atoms with van der Waals surface area (Å²) in [6, 6.07) is 9.92. The Morgan fingerprint density at radius 2 is 1.68 bits per heavy atom. The largest absolute Gasteiger partial charge is 0.468 e. The second-order valence-electron chi connectivity index (χ2n) is 9.49. The molecule has 1 amide bonds. The van der Waals surface area contributed by atoms with Gasteiger partial charge in [0.15, 0.2) is 0 Å². The zero-order valence-electron chi connectivity index (χ0n) is 17.4. The van der Waals surface area contributed by atoms with E-state index in [1.54, 1.807) is 48.6 Å². The van der Waals surface area contributed by atoms with Gasteiger partial charge >= 0.3 is 0 Å². The minimum atomic E-state index is -3.63. The van der Waals surface area contributed by atoms with E-state index in [2.05, 4.69) is 10.0 Å². The number of furan rings is 1. The first kappa shape index (κ1) is 20.5. The summed E-state index contributed by atoms with van der Waals surface area (Å²) < 4.78 is 32.5. The molecular weight excluding hydrogens is 412 g/mol. The van der Waals surface area contributed by atoms with E-state index < -0.39 is 10.0 Å². The number of hydrogen-bond donors (Lipinski definition) is 2. The Morgan fingerprint density at radius 3 is 2.26 bits per heavy atom. The van der Waals surface area contributed by atoms with E-state index in [1.807, 2.05) is 0 Å². The Labute approximate surface area is 183 Å². The van der Waals surface area contributed by atoms with E-state index in [0.717, 1.165) is 42.6 Å². The van der Waals surface area contributed by atoms with Crippen molar-refractivity contribution >= 4 is 22.0 Å². The van der Waals surface area contributed by atoms with Crippen LogP contribution in [0.2, 0.25) is 0 Å². The summed E-state index contributed by atoms with van der Waals surface area (Å²) in [5.74, 6) is 2.84. The molecule has 6 nitrogen and oxygen atoms in total. The highest BCUT2D eigenvalue weighted by Gasteiger charge is 2.51. The highest BCUT2D eigenvalue weighted by atomic mass is 32.2. The maximum atomic E-state index is 12.6. The van der Waals surface area contributed by atoms with E-state index in [0.29, 0.717) is 5.76 Å². The van der Waals surface area contributed by atoms with Gasteiger partial charge in [0.1, 0.15) is 5.76 Å². The lowest BCUT2D eigenvalue weighted by atomic mass is 9.53. The molecule has 0 saturated heterocycles. The molecule has 0 unspecified atom stereocenters. The number of benzene rings is 1. The number of carbonyl (C=O) groups excluding carboxylic acids is 1. The Balaban J connectivity index is 1.19. The van der Waals surface area contributed by atoms with Gasteiger partial charge in [-0.25, -0.2) is 13.1 Å². The smallest absolute Gasteiger partial charge is 0.244 e. The first-order valence-electron chi connectivity index (χ1n) is 11.0. The molecule has 1 heterocycles. The number of rotatable bonds is 7. The van der Waals surface area contributed by atoms with Crippen LogP contribution in [0.1, 0.15) is 49.8 Å². The number of carbonyl (C=O) groups is 1. The number of hydrogen-bond acceptors (Lipinski definition) is 4. The third kappa shape index (κ3) is 4.48. The van der Waals surface area contributed by atoms with Crippen LogP contribution in [0.25, 0.3) is 6.08 Å². The molecule has 4 aliphatic rings. The first-order valence-corrected chi connectivity index (χ1v) is 12.5. The van der Waals surface area contributed by atoms with Crippen LogP contribution in [0.5, 0.6) is 0 Å². The van der Waals surface area contributed by atoms with Gasteiger partial charge in [-0.2, -0.15) is 0 Å². The topological polar surface area (TPSA) is 88.4 Å². The molecule has 0 aliphatic heterocycles. The van der Waals surface area contributed by atoms with Crippen LogP contribution in [0.3, 0.4) is 0 Å². The molecule has 2 N–H and O–H groups in total. The second-order valence-corrected chi connectivity index (χ2v) is 11.3. The van der Waals surface area contributed by atoms with Crippen molar-refractivity contribution in [1.29, 1.82) is 0 Å². The molecule has 4 fully saturated rings. The van der Waals surface area contributed by atoms with Crippen LogP contribution >= 0.6 is 0 Å². The van der Waals surface area contributed by atoms with Crippen LogP contribution in [-0.2, 0) is 21.4 Å². The summed E-state index contributed by atoms with van der Waals surface area (Å²) in [5, 5.41) is 3.32. The lowest BCUT2D eigenvalue weighted by molar-refractivity contribution is -0.122. The monoisotopic (exact) mass is 440 g/mol. The van der Waals surface area contributed by atoms with Gasteiger partial charge in [-0.3, -0.25) is 4.79 Å². The molecule has 0 radical (unpaired) electrons. The SMILES string of the molecule is O=C(/C=C/c1ccc(S(=O)(=O)NCc2ccco2)cc1)NC12CC3CC(CC(C3)C1)C2. The molecule has 164 valence electrons. The summed E-state index contributed by atoms with van der Waals surface area (Å²) in [7, 11) is -3.63. The van der Waals surface area contributed by atoms with Crippen molar-refractivity contribution in [3.8, 4) is 0 Å². The standard InChI is InChI=1S/C24H28N2O4S/c27-23(26-24-13-18-10-19(14-24)12-20(11-18)15-24)8-5-17-3-6-22(7-4-17)31(28,29)25-16-21-2-1-9-30-21/h1-9,18-20,25H,10-16H2,(H,26,27)/b8-5+. The first-order chi connectivity index (χ1) is 14.9. The van der Waals surface area contributed by atoms with Crippen molar-refractivity contribution in [2.75, 3.05) is 0 Å². The van der Waals surface area contributed by atoms with Gasteiger partial charge in [0.25, 0.3) is 0 Å². The van der Waals surface area contributed by atoms with Gasteiger partial charge in [-0.1, -0.05) is 12.1 Å². The van der Waals surface area contributed by atoms with Crippen LogP contribution < -0.4 is 10.0 Å². The fraction of sp³-hybridized carbons (Fsp3) is 0.458. The number of sulfonamides is 1. The molecule has 0 spiro atoms. The van der Waals surface area contributed by atoms with Gasteiger partial charge in [0, 0.05) is 11.6 Å². The Morgan fingerprint density at radius 1 is 1.03 bits per heavy atom. The lowest BCUT2D eigenvalue weighted by Crippen LogP contribution is -2.59. The molecule has 7 heteroatoms. The minimum Gasteiger partial charge on any atom is -0.468 e. The van der Waals surface area contributed by atoms with E-state index in [4.69, 9.17) is 4.42 Å². The predicted molar refractivity (Wildman–Crippen MR) is 117 cm³/mol. The average molecular weight is 441 g/mol. The molecule has 4 bridgehead atoms. The molecular formula is C24H28N2O4S. The van der Waals surface area contributed by atoms with Crippen LogP contribution in [-0.4, -0.2) is 19.9 Å². The Hall–Kier alpha value is -2.38. The van der Waals surface area contributed by atoms with E-state index >= 15 is 0 Å². The molecule has 4 aliphatic carbocycles. The predicted octanol–water partition coefficient (Wildman–Crippen LogP) is 3.86. The van der Waals surface area contributed by atoms with Crippen molar-refractivity contribution in [1.82, 2.24) is 10.0 Å². The maximum Gasteiger partial charge on any atom is 0.244 e. The van der Waals surface area contributed by atoms with Crippen LogP contribution in [0.4, 0.5) is 0 Å². The van der Waals surface area contributed by atoms with Gasteiger partial charge in [-0.15, -0.1) is 0 Å². The van der Waals surface area contributed by atoms with E-state index in [1.165, 1.54) is 25.5 Å². The highest BCUT2D eigenvalue weighted by molar-refractivity contribution is 7.89. The van der Waals surface area contributed by atoms with Crippen LogP contribution in [0.15, 0.2) is 58.1 Å². The summed E-state index contributed by atoms with van der Waals surface area (Å²) in [4.78, 5) is 12.8. The normalized spacial score (nSPS) is 29.5. The molecule has 1 aromatic carbocycles. The van der Waals surface area contributed by atoms with Gasteiger partial charge in [0.05, 0.1) is 17.7 Å². The third-order valence-electron chi connectivity index (χ3n) is 7.06. The van der Waals surface area contributed by atoms with Crippen molar-refractivity contribution in [2.45, 2.75) is 55.5 Å². The Bertz CT molecular complexity index is 1040.